The lowest BCUT2D eigenvalue weighted by molar-refractivity contribution is -0.137. The first-order chi connectivity index (χ1) is 14.7. The van der Waals surface area contributed by atoms with Crippen molar-refractivity contribution in [3.05, 3.63) is 77.4 Å². The summed E-state index contributed by atoms with van der Waals surface area (Å²) in [5.41, 5.74) is 2.53. The van der Waals surface area contributed by atoms with Gasteiger partial charge < -0.3 is 5.32 Å². The molecular formula is C22H18F3N5O. The molecule has 0 fully saturated rings. The van der Waals surface area contributed by atoms with E-state index < -0.39 is 11.7 Å². The summed E-state index contributed by atoms with van der Waals surface area (Å²) < 4.78 is 39.8. The van der Waals surface area contributed by atoms with Crippen LogP contribution in [0.5, 0.6) is 0 Å². The molecule has 3 heterocycles. The van der Waals surface area contributed by atoms with E-state index in [1.54, 1.807) is 32.2 Å². The van der Waals surface area contributed by atoms with Gasteiger partial charge in [0, 0.05) is 29.0 Å². The zero-order valence-corrected chi connectivity index (χ0v) is 16.7. The summed E-state index contributed by atoms with van der Waals surface area (Å²) in [5.74, 6) is 0.0165. The Bertz CT molecular complexity index is 1260. The molecule has 31 heavy (non-hydrogen) atoms. The zero-order valence-electron chi connectivity index (χ0n) is 16.7. The SMILES string of the molecule is Cc1nn(-c2ccc(C(F)(F)F)cn2)c(C)c1CC(=O)Nc1cccc2ncccc12. The van der Waals surface area contributed by atoms with Gasteiger partial charge in [-0.15, -0.1) is 0 Å². The molecule has 1 aromatic carbocycles. The van der Waals surface area contributed by atoms with E-state index >= 15 is 0 Å². The van der Waals surface area contributed by atoms with Gasteiger partial charge in [0.1, 0.15) is 0 Å². The van der Waals surface area contributed by atoms with Gasteiger partial charge in [-0.1, -0.05) is 6.07 Å². The van der Waals surface area contributed by atoms with Crippen molar-refractivity contribution in [2.75, 3.05) is 5.32 Å². The second kappa shape index (κ2) is 7.82. The number of aromatic nitrogens is 4. The number of alkyl halides is 3. The summed E-state index contributed by atoms with van der Waals surface area (Å²) in [5, 5.41) is 8.10. The summed E-state index contributed by atoms with van der Waals surface area (Å²) >= 11 is 0. The quantitative estimate of drug-likeness (QED) is 0.517. The van der Waals surface area contributed by atoms with Gasteiger partial charge in [0.05, 0.1) is 28.9 Å². The van der Waals surface area contributed by atoms with Crippen molar-refractivity contribution in [2.24, 2.45) is 0 Å². The highest BCUT2D eigenvalue weighted by atomic mass is 19.4. The molecule has 0 radical (unpaired) electrons. The molecule has 6 nitrogen and oxygen atoms in total. The highest BCUT2D eigenvalue weighted by Gasteiger charge is 2.31. The van der Waals surface area contributed by atoms with Crippen LogP contribution in [0, 0.1) is 13.8 Å². The van der Waals surface area contributed by atoms with Crippen molar-refractivity contribution >= 4 is 22.5 Å². The van der Waals surface area contributed by atoms with Gasteiger partial charge in [0.15, 0.2) is 5.82 Å². The fraction of sp³-hybridized carbons (Fsp3) is 0.182. The number of carbonyl (C=O) groups is 1. The number of hydrogen-bond acceptors (Lipinski definition) is 4. The standard InChI is InChI=1S/C22H18F3N5O/c1-13-17(11-21(31)28-19-7-3-6-18-16(19)5-4-10-26-18)14(2)30(29-13)20-9-8-15(12-27-20)22(23,24)25/h3-10,12H,11H2,1-2H3,(H,28,31). The number of amides is 1. The second-order valence-electron chi connectivity index (χ2n) is 7.06. The molecule has 1 N–H and O–H groups in total. The molecule has 0 aliphatic heterocycles. The molecule has 1 amide bonds. The molecule has 0 bridgehead atoms. The van der Waals surface area contributed by atoms with Crippen LogP contribution in [-0.2, 0) is 17.4 Å². The zero-order chi connectivity index (χ0) is 22.2. The van der Waals surface area contributed by atoms with Crippen LogP contribution in [0.25, 0.3) is 16.7 Å². The largest absolute Gasteiger partial charge is 0.417 e. The molecule has 0 unspecified atom stereocenters. The minimum Gasteiger partial charge on any atom is -0.325 e. The molecule has 0 saturated carbocycles. The first kappa shape index (κ1) is 20.5. The van der Waals surface area contributed by atoms with Crippen LogP contribution >= 0.6 is 0 Å². The van der Waals surface area contributed by atoms with Gasteiger partial charge in [-0.2, -0.15) is 18.3 Å². The predicted molar refractivity (Wildman–Crippen MR) is 110 cm³/mol. The van der Waals surface area contributed by atoms with Crippen LogP contribution in [-0.4, -0.2) is 25.7 Å². The van der Waals surface area contributed by atoms with Crippen molar-refractivity contribution in [2.45, 2.75) is 26.4 Å². The Morgan fingerprint density at radius 2 is 1.87 bits per heavy atom. The third-order valence-corrected chi connectivity index (χ3v) is 4.99. The van der Waals surface area contributed by atoms with Gasteiger partial charge in [-0.3, -0.25) is 9.78 Å². The Labute approximate surface area is 175 Å². The fourth-order valence-electron chi connectivity index (χ4n) is 3.40. The minimum atomic E-state index is -4.46. The number of benzene rings is 1. The molecule has 0 spiro atoms. The topological polar surface area (TPSA) is 72.7 Å². The van der Waals surface area contributed by atoms with Crippen molar-refractivity contribution in [1.29, 1.82) is 0 Å². The highest BCUT2D eigenvalue weighted by Crippen LogP contribution is 2.29. The van der Waals surface area contributed by atoms with E-state index in [1.807, 2.05) is 18.2 Å². The van der Waals surface area contributed by atoms with Gasteiger partial charge in [0.25, 0.3) is 0 Å². The van der Waals surface area contributed by atoms with Crippen molar-refractivity contribution in [1.82, 2.24) is 19.7 Å². The predicted octanol–water partition coefficient (Wildman–Crippen LogP) is 4.63. The van der Waals surface area contributed by atoms with E-state index in [2.05, 4.69) is 20.4 Å². The summed E-state index contributed by atoms with van der Waals surface area (Å²) in [6.07, 6.45) is -1.94. The van der Waals surface area contributed by atoms with E-state index in [9.17, 15) is 18.0 Å². The van der Waals surface area contributed by atoms with E-state index in [1.165, 1.54) is 10.7 Å². The van der Waals surface area contributed by atoms with Gasteiger partial charge in [-0.25, -0.2) is 9.67 Å². The summed E-state index contributed by atoms with van der Waals surface area (Å²) in [6.45, 7) is 3.50. The second-order valence-corrected chi connectivity index (χ2v) is 7.06. The average Bonchev–Trinajstić information content (AvgIpc) is 3.02. The maximum absolute atomic E-state index is 12.8. The molecule has 0 saturated heterocycles. The Hall–Kier alpha value is -3.75. The number of halogens is 3. The van der Waals surface area contributed by atoms with Gasteiger partial charge >= 0.3 is 6.18 Å². The number of carbonyl (C=O) groups excluding carboxylic acids is 1. The van der Waals surface area contributed by atoms with E-state index in [0.717, 1.165) is 23.2 Å². The number of aryl methyl sites for hydroxylation is 1. The first-order valence-corrected chi connectivity index (χ1v) is 9.46. The number of nitrogens with zero attached hydrogens (tertiary/aromatic N) is 4. The molecule has 4 rings (SSSR count). The third kappa shape index (κ3) is 4.11. The molecular weight excluding hydrogens is 407 g/mol. The molecule has 0 aliphatic carbocycles. The maximum atomic E-state index is 12.8. The lowest BCUT2D eigenvalue weighted by Crippen LogP contribution is -2.15. The Morgan fingerprint density at radius 3 is 2.58 bits per heavy atom. The molecule has 0 aliphatic rings. The number of rotatable bonds is 4. The van der Waals surface area contributed by atoms with E-state index in [0.29, 0.717) is 22.6 Å². The van der Waals surface area contributed by atoms with Crippen LogP contribution in [0.4, 0.5) is 18.9 Å². The highest BCUT2D eigenvalue weighted by molar-refractivity contribution is 6.01. The number of anilines is 1. The fourth-order valence-corrected chi connectivity index (χ4v) is 3.40. The van der Waals surface area contributed by atoms with Crippen molar-refractivity contribution < 1.29 is 18.0 Å². The number of pyridine rings is 2. The molecule has 3 aromatic heterocycles. The Morgan fingerprint density at radius 1 is 1.06 bits per heavy atom. The normalized spacial score (nSPS) is 11.6. The molecule has 4 aromatic rings. The Balaban J connectivity index is 1.57. The minimum absolute atomic E-state index is 0.0644. The Kier molecular flexibility index (Phi) is 5.18. The van der Waals surface area contributed by atoms with Crippen LogP contribution < -0.4 is 5.32 Å². The van der Waals surface area contributed by atoms with E-state index in [-0.39, 0.29) is 18.1 Å². The number of nitrogens with one attached hydrogen (secondary N) is 1. The van der Waals surface area contributed by atoms with Gasteiger partial charge in [-0.05, 0) is 50.2 Å². The van der Waals surface area contributed by atoms with Crippen LogP contribution in [0.2, 0.25) is 0 Å². The first-order valence-electron chi connectivity index (χ1n) is 9.46. The molecule has 158 valence electrons. The van der Waals surface area contributed by atoms with Gasteiger partial charge in [0.2, 0.25) is 5.91 Å². The number of fused-ring (bicyclic) bond motifs is 1. The lowest BCUT2D eigenvalue weighted by Gasteiger charge is -2.09. The summed E-state index contributed by atoms with van der Waals surface area (Å²) in [7, 11) is 0. The van der Waals surface area contributed by atoms with Crippen LogP contribution in [0.15, 0.2) is 54.9 Å². The smallest absolute Gasteiger partial charge is 0.325 e. The maximum Gasteiger partial charge on any atom is 0.417 e. The molecule has 0 atom stereocenters. The average molecular weight is 425 g/mol. The summed E-state index contributed by atoms with van der Waals surface area (Å²) in [6, 6.07) is 11.4. The van der Waals surface area contributed by atoms with Crippen molar-refractivity contribution in [3.63, 3.8) is 0 Å². The van der Waals surface area contributed by atoms with Crippen molar-refractivity contribution in [3.8, 4) is 5.82 Å². The third-order valence-electron chi connectivity index (χ3n) is 4.99. The lowest BCUT2D eigenvalue weighted by atomic mass is 10.1. The van der Waals surface area contributed by atoms with E-state index in [4.69, 9.17) is 0 Å². The summed E-state index contributed by atoms with van der Waals surface area (Å²) in [4.78, 5) is 20.9. The monoisotopic (exact) mass is 425 g/mol. The van der Waals surface area contributed by atoms with Crippen LogP contribution in [0.1, 0.15) is 22.5 Å². The number of hydrogen-bond donors (Lipinski definition) is 1. The molecule has 9 heteroatoms. The van der Waals surface area contributed by atoms with Crippen LogP contribution in [0.3, 0.4) is 0 Å².